The molecule has 0 spiro atoms. The van der Waals surface area contributed by atoms with E-state index in [0.717, 1.165) is 116 Å². The number of rotatable bonds is 9. The molecule has 13 aromatic carbocycles. The average Bonchev–Trinajstić information content (AvgIpc) is 2.15. The minimum atomic E-state index is 0.516. The molecule has 5 heterocycles. The number of hydrogen-bond donors (Lipinski definition) is 0. The summed E-state index contributed by atoms with van der Waals surface area (Å²) in [5, 5.41) is 9.25. The average molecular weight is 1120 g/mol. The van der Waals surface area contributed by atoms with Crippen molar-refractivity contribution in [2.24, 2.45) is 0 Å². The largest absolute Gasteiger partial charge is 0.309 e. The van der Waals surface area contributed by atoms with E-state index in [-0.39, 0.29) is 0 Å². The molecule has 0 unspecified atom stereocenters. The highest BCUT2D eigenvalue weighted by Gasteiger charge is 2.23. The van der Waals surface area contributed by atoms with Crippen LogP contribution >= 0.6 is 0 Å². The van der Waals surface area contributed by atoms with Gasteiger partial charge in [-0.05, 0) is 136 Å². The predicted octanol–water partition coefficient (Wildman–Crippen LogP) is 20.6. The standard InChI is InChI=1S/C81H51N7/c1-4-21-52(22-5-1)61-29-10-11-30-62(61)57-23-20-24-58(47-57)79-82-80(87-73-37-18-12-31-63(73)67-43-39-55(50-77(67)87)53-41-45-75-69(48-53)65-33-14-16-35-71(65)85(75)59-25-6-2-7-26-59)84-81(83-79)88-74-38-19-13-32-64(74)68-44-40-56(51-78(68)88)54-42-46-76-70(49-54)66-34-15-17-36-72(66)86(76)60-27-8-3-9-28-60/h1-51H. The van der Waals surface area contributed by atoms with Gasteiger partial charge in [0.15, 0.2) is 5.82 Å². The maximum atomic E-state index is 5.70. The van der Waals surface area contributed by atoms with Crippen LogP contribution in [0.4, 0.5) is 0 Å². The van der Waals surface area contributed by atoms with Crippen molar-refractivity contribution in [1.82, 2.24) is 33.2 Å². The summed E-state index contributed by atoms with van der Waals surface area (Å²) in [5.41, 5.74) is 20.7. The molecule has 0 atom stereocenters. The Kier molecular flexibility index (Phi) is 11.2. The van der Waals surface area contributed by atoms with Crippen LogP contribution in [0.3, 0.4) is 0 Å². The Bertz CT molecular complexity index is 5520. The van der Waals surface area contributed by atoms with Gasteiger partial charge in [-0.2, -0.15) is 15.0 Å². The molecule has 0 aliphatic carbocycles. The third-order valence-electron chi connectivity index (χ3n) is 17.8. The molecule has 0 N–H and O–H groups in total. The zero-order valence-corrected chi connectivity index (χ0v) is 47.6. The maximum absolute atomic E-state index is 5.70. The second kappa shape index (κ2) is 19.8. The fourth-order valence-electron chi connectivity index (χ4n) is 13.9. The van der Waals surface area contributed by atoms with Gasteiger partial charge in [-0.3, -0.25) is 9.13 Å². The van der Waals surface area contributed by atoms with Gasteiger partial charge in [0.2, 0.25) is 11.9 Å². The van der Waals surface area contributed by atoms with Gasteiger partial charge in [0, 0.05) is 60.0 Å². The molecule has 0 bridgehead atoms. The third-order valence-corrected chi connectivity index (χ3v) is 17.8. The smallest absolute Gasteiger partial charge is 0.240 e. The van der Waals surface area contributed by atoms with Gasteiger partial charge in [-0.15, -0.1) is 0 Å². The molecule has 0 aliphatic heterocycles. The van der Waals surface area contributed by atoms with Gasteiger partial charge in [0.1, 0.15) is 0 Å². The number of fused-ring (bicyclic) bond motifs is 12. The molecule has 0 aliphatic rings. The Morgan fingerprint density at radius 3 is 1.01 bits per heavy atom. The second-order valence-corrected chi connectivity index (χ2v) is 22.8. The van der Waals surface area contributed by atoms with Crippen molar-refractivity contribution in [3.63, 3.8) is 0 Å². The van der Waals surface area contributed by atoms with E-state index >= 15 is 0 Å². The van der Waals surface area contributed by atoms with Gasteiger partial charge in [0.05, 0.1) is 44.1 Å². The molecule has 7 nitrogen and oxygen atoms in total. The first-order valence-corrected chi connectivity index (χ1v) is 29.9. The van der Waals surface area contributed by atoms with Crippen LogP contribution in [0.2, 0.25) is 0 Å². The van der Waals surface area contributed by atoms with E-state index in [0.29, 0.717) is 17.7 Å². The molecule has 0 fully saturated rings. The summed E-state index contributed by atoms with van der Waals surface area (Å²) in [5.74, 6) is 1.59. The van der Waals surface area contributed by atoms with E-state index in [1.54, 1.807) is 0 Å². The molecule has 0 saturated carbocycles. The molecule has 410 valence electrons. The van der Waals surface area contributed by atoms with E-state index in [9.17, 15) is 0 Å². The first-order chi connectivity index (χ1) is 43.6. The van der Waals surface area contributed by atoms with Crippen molar-refractivity contribution in [3.05, 3.63) is 309 Å². The van der Waals surface area contributed by atoms with Gasteiger partial charge in [0.25, 0.3) is 0 Å². The number of hydrogen-bond acceptors (Lipinski definition) is 3. The number of benzene rings is 13. The monoisotopic (exact) mass is 1120 g/mol. The summed E-state index contributed by atoms with van der Waals surface area (Å²) in [4.78, 5) is 16.9. The molecule has 18 rings (SSSR count). The molecule has 7 heteroatoms. The van der Waals surface area contributed by atoms with Crippen LogP contribution in [0.25, 0.3) is 166 Å². The molecule has 5 aromatic heterocycles. The Labute approximate surface area is 506 Å². The Morgan fingerprint density at radius 1 is 0.182 bits per heavy atom. The normalized spacial score (nSPS) is 11.9. The van der Waals surface area contributed by atoms with Crippen molar-refractivity contribution in [2.45, 2.75) is 0 Å². The van der Waals surface area contributed by atoms with Gasteiger partial charge in [-0.1, -0.05) is 218 Å². The van der Waals surface area contributed by atoms with Gasteiger partial charge < -0.3 is 9.13 Å². The molecule has 0 saturated heterocycles. The van der Waals surface area contributed by atoms with E-state index in [2.05, 4.69) is 328 Å². The lowest BCUT2D eigenvalue weighted by molar-refractivity contribution is 0.893. The number of nitrogens with zero attached hydrogens (tertiary/aromatic N) is 7. The molecule has 0 amide bonds. The highest BCUT2D eigenvalue weighted by molar-refractivity contribution is 6.14. The Morgan fingerprint density at radius 2 is 0.523 bits per heavy atom. The maximum Gasteiger partial charge on any atom is 0.240 e. The minimum absolute atomic E-state index is 0.516. The summed E-state index contributed by atoms with van der Waals surface area (Å²) in [6.45, 7) is 0. The van der Waals surface area contributed by atoms with Crippen molar-refractivity contribution < 1.29 is 0 Å². The summed E-state index contributed by atoms with van der Waals surface area (Å²) in [6, 6.07) is 111. The molecule has 88 heavy (non-hydrogen) atoms. The highest BCUT2D eigenvalue weighted by Crippen LogP contribution is 2.42. The zero-order chi connectivity index (χ0) is 57.8. The SMILES string of the molecule is c1ccc(-c2ccccc2-c2cccc(-c3nc(-n4c5ccccc5c5ccc(-c6ccc7c(c6)c6ccccc6n7-c6ccccc6)cc54)nc(-n4c5ccccc5c5ccc(-c6ccc7c(c6)c6ccccc6n7-c6ccccc6)cc54)n3)c2)cc1. The summed E-state index contributed by atoms with van der Waals surface area (Å²) >= 11 is 0. The topological polar surface area (TPSA) is 58.4 Å². The van der Waals surface area contributed by atoms with Crippen LogP contribution in [0.5, 0.6) is 0 Å². The Balaban J connectivity index is 0.860. The van der Waals surface area contributed by atoms with Crippen LogP contribution in [0, 0.1) is 0 Å². The van der Waals surface area contributed by atoms with Gasteiger partial charge >= 0.3 is 0 Å². The number of para-hydroxylation sites is 6. The van der Waals surface area contributed by atoms with Crippen LogP contribution < -0.4 is 0 Å². The zero-order valence-electron chi connectivity index (χ0n) is 47.6. The first-order valence-electron chi connectivity index (χ1n) is 29.9. The van der Waals surface area contributed by atoms with Crippen LogP contribution in [0.15, 0.2) is 309 Å². The lowest BCUT2D eigenvalue weighted by Gasteiger charge is -2.14. The molecule has 18 aromatic rings. The summed E-state index contributed by atoms with van der Waals surface area (Å²) < 4.78 is 9.23. The van der Waals surface area contributed by atoms with E-state index < -0.39 is 0 Å². The van der Waals surface area contributed by atoms with E-state index in [4.69, 9.17) is 15.0 Å². The van der Waals surface area contributed by atoms with Crippen LogP contribution in [0.1, 0.15) is 0 Å². The van der Waals surface area contributed by atoms with Crippen molar-refractivity contribution in [1.29, 1.82) is 0 Å². The lowest BCUT2D eigenvalue weighted by Crippen LogP contribution is -2.10. The first kappa shape index (κ1) is 49.5. The van der Waals surface area contributed by atoms with Crippen molar-refractivity contribution in [2.75, 3.05) is 0 Å². The van der Waals surface area contributed by atoms with E-state index in [1.165, 1.54) is 32.6 Å². The highest BCUT2D eigenvalue weighted by atomic mass is 15.3. The minimum Gasteiger partial charge on any atom is -0.309 e. The summed E-state index contributed by atoms with van der Waals surface area (Å²) in [6.07, 6.45) is 0. The van der Waals surface area contributed by atoms with E-state index in [1.807, 2.05) is 0 Å². The van der Waals surface area contributed by atoms with Crippen LogP contribution in [-0.4, -0.2) is 33.2 Å². The summed E-state index contributed by atoms with van der Waals surface area (Å²) in [7, 11) is 0. The van der Waals surface area contributed by atoms with Crippen molar-refractivity contribution in [3.8, 4) is 79.2 Å². The molecular formula is C81H51N7. The fourth-order valence-corrected chi connectivity index (χ4v) is 13.9. The third kappa shape index (κ3) is 7.81. The lowest BCUT2D eigenvalue weighted by atomic mass is 9.94. The molecule has 0 radical (unpaired) electrons. The molecular weight excluding hydrogens is 1070 g/mol. The van der Waals surface area contributed by atoms with Crippen molar-refractivity contribution >= 4 is 87.2 Å². The fraction of sp³-hybridized carbons (Fsp3) is 0. The predicted molar refractivity (Wildman–Crippen MR) is 364 cm³/mol. The number of aromatic nitrogens is 7. The van der Waals surface area contributed by atoms with Gasteiger partial charge in [-0.25, -0.2) is 0 Å². The quantitative estimate of drug-likeness (QED) is 0.145. The Hall–Kier alpha value is -11.9. The van der Waals surface area contributed by atoms with Crippen LogP contribution in [-0.2, 0) is 0 Å². The second-order valence-electron chi connectivity index (χ2n) is 22.8.